The maximum atomic E-state index is 11.1. The first kappa shape index (κ1) is 11.3. The van der Waals surface area contributed by atoms with Crippen molar-refractivity contribution < 1.29 is 4.79 Å². The summed E-state index contributed by atoms with van der Waals surface area (Å²) >= 11 is 0. The monoisotopic (exact) mass is 176 g/mol. The molecule has 0 unspecified atom stereocenters. The molecule has 0 radical (unpaired) electrons. The molecule has 3 heteroatoms. The lowest BCUT2D eigenvalue weighted by atomic mass is 10.1. The molecule has 0 saturated heterocycles. The number of allylic oxidation sites excluding steroid dienone is 4. The van der Waals surface area contributed by atoms with Crippen molar-refractivity contribution in [1.29, 1.82) is 10.7 Å². The van der Waals surface area contributed by atoms with Gasteiger partial charge >= 0.3 is 0 Å². The van der Waals surface area contributed by atoms with E-state index in [1.807, 2.05) is 13.0 Å². The molecule has 68 valence electrons. The number of nitrogens with zero attached hydrogens (tertiary/aromatic N) is 1. The van der Waals surface area contributed by atoms with Crippen molar-refractivity contribution >= 4 is 12.0 Å². The predicted octanol–water partition coefficient (Wildman–Crippen LogP) is 2.01. The van der Waals surface area contributed by atoms with E-state index in [2.05, 4.69) is 0 Å². The molecule has 0 aromatic carbocycles. The van der Waals surface area contributed by atoms with Crippen LogP contribution in [0, 0.1) is 16.7 Å². The summed E-state index contributed by atoms with van der Waals surface area (Å²) in [6.07, 6.45) is 6.84. The zero-order valence-electron chi connectivity index (χ0n) is 7.58. The quantitative estimate of drug-likeness (QED) is 0.395. The van der Waals surface area contributed by atoms with E-state index in [0.717, 1.165) is 12.6 Å². The maximum Gasteiger partial charge on any atom is 0.178 e. The Kier molecular flexibility index (Phi) is 6.08. The van der Waals surface area contributed by atoms with Crippen molar-refractivity contribution in [2.45, 2.75) is 19.8 Å². The highest BCUT2D eigenvalue weighted by molar-refractivity contribution is 6.13. The normalized spacial score (nSPS) is 11.2. The number of hydrogen-bond acceptors (Lipinski definition) is 3. The van der Waals surface area contributed by atoms with Crippen molar-refractivity contribution in [3.63, 3.8) is 0 Å². The van der Waals surface area contributed by atoms with Crippen LogP contribution < -0.4 is 0 Å². The second-order valence-electron chi connectivity index (χ2n) is 2.36. The summed E-state index contributed by atoms with van der Waals surface area (Å²) in [5.41, 5.74) is 0.270. The lowest BCUT2D eigenvalue weighted by Crippen LogP contribution is -2.01. The number of Topliss-reactive ketones (excluding diaryl/α,β-unsaturated/α-hetero) is 1. The fraction of sp³-hybridized carbons (Fsp3) is 0.300. The number of carbonyl (C=O) groups is 1. The zero-order chi connectivity index (χ0) is 10.1. The Morgan fingerprint density at radius 2 is 2.31 bits per heavy atom. The fourth-order valence-corrected chi connectivity index (χ4v) is 0.703. The Balaban J connectivity index is 4.42. The fourth-order valence-electron chi connectivity index (χ4n) is 0.703. The number of nitrogens with one attached hydrogen (secondary N) is 1. The van der Waals surface area contributed by atoms with Crippen LogP contribution in [0.2, 0.25) is 0 Å². The second kappa shape index (κ2) is 6.99. The van der Waals surface area contributed by atoms with Crippen LogP contribution in [0.4, 0.5) is 0 Å². The minimum Gasteiger partial charge on any atom is -0.308 e. The molecule has 13 heavy (non-hydrogen) atoms. The summed E-state index contributed by atoms with van der Waals surface area (Å²) < 4.78 is 0. The number of rotatable bonds is 5. The van der Waals surface area contributed by atoms with Crippen LogP contribution in [0.1, 0.15) is 19.8 Å². The molecule has 3 nitrogen and oxygen atoms in total. The first-order valence-corrected chi connectivity index (χ1v) is 4.03. The minimum atomic E-state index is -0.307. The van der Waals surface area contributed by atoms with Crippen molar-refractivity contribution in [2.24, 2.45) is 0 Å². The molecule has 0 saturated carbocycles. The van der Waals surface area contributed by atoms with Gasteiger partial charge in [0, 0.05) is 11.8 Å². The molecule has 0 heterocycles. The first-order chi connectivity index (χ1) is 6.26. The molecule has 0 atom stereocenters. The van der Waals surface area contributed by atoms with Crippen molar-refractivity contribution in [3.8, 4) is 6.07 Å². The van der Waals surface area contributed by atoms with Crippen molar-refractivity contribution in [3.05, 3.63) is 23.8 Å². The van der Waals surface area contributed by atoms with Crippen LogP contribution in [0.5, 0.6) is 0 Å². The minimum absolute atomic E-state index is 0.165. The highest BCUT2D eigenvalue weighted by Gasteiger charge is 2.03. The highest BCUT2D eigenvalue weighted by Crippen LogP contribution is 1.97. The van der Waals surface area contributed by atoms with E-state index in [0.29, 0.717) is 0 Å². The Bertz CT molecular complexity index is 282. The molecule has 0 aromatic rings. The lowest BCUT2D eigenvalue weighted by Gasteiger charge is -1.92. The number of hydrogen-bond donors (Lipinski definition) is 1. The van der Waals surface area contributed by atoms with E-state index in [-0.39, 0.29) is 17.8 Å². The van der Waals surface area contributed by atoms with E-state index >= 15 is 0 Å². The third-order valence-electron chi connectivity index (χ3n) is 1.36. The van der Waals surface area contributed by atoms with Gasteiger partial charge in [-0.1, -0.05) is 25.2 Å². The Labute approximate surface area is 77.9 Å². The average Bonchev–Trinajstić information content (AvgIpc) is 2.13. The molecule has 0 aromatic heterocycles. The van der Waals surface area contributed by atoms with Gasteiger partial charge in [0.1, 0.15) is 0 Å². The topological polar surface area (TPSA) is 64.7 Å². The van der Waals surface area contributed by atoms with Gasteiger partial charge in [0.25, 0.3) is 0 Å². The highest BCUT2D eigenvalue weighted by atomic mass is 16.1. The van der Waals surface area contributed by atoms with Crippen LogP contribution in [0.15, 0.2) is 23.8 Å². The molecule has 0 aliphatic rings. The summed E-state index contributed by atoms with van der Waals surface area (Å²) in [5.74, 6) is -0.307. The molecular formula is C10H12N2O. The van der Waals surface area contributed by atoms with Gasteiger partial charge in [0.05, 0.1) is 12.5 Å². The Morgan fingerprint density at radius 1 is 1.62 bits per heavy atom. The molecule has 0 spiro atoms. The van der Waals surface area contributed by atoms with E-state index in [4.69, 9.17) is 10.7 Å². The van der Waals surface area contributed by atoms with Crippen molar-refractivity contribution in [1.82, 2.24) is 0 Å². The second-order valence-corrected chi connectivity index (χ2v) is 2.36. The van der Waals surface area contributed by atoms with E-state index in [1.54, 1.807) is 18.2 Å². The van der Waals surface area contributed by atoms with Crippen molar-refractivity contribution in [2.75, 3.05) is 0 Å². The third kappa shape index (κ3) is 4.70. The summed E-state index contributed by atoms with van der Waals surface area (Å²) in [6.45, 7) is 1.98. The molecule has 1 N–H and O–H groups in total. The summed E-state index contributed by atoms with van der Waals surface area (Å²) in [7, 11) is 0. The molecule has 0 fully saturated rings. The third-order valence-corrected chi connectivity index (χ3v) is 1.36. The van der Waals surface area contributed by atoms with Gasteiger partial charge in [0.2, 0.25) is 0 Å². The lowest BCUT2D eigenvalue weighted by molar-refractivity contribution is -0.114. The standard InChI is InChI=1S/C10H12N2O/c1-2-3-4-5-9(8-12)10(13)6-7-11/h3-5,8,12H,2,6H2,1H3/b4-3-,9-5+,12-8?. The molecule has 0 aliphatic heterocycles. The van der Waals surface area contributed by atoms with Gasteiger partial charge in [-0.3, -0.25) is 4.79 Å². The van der Waals surface area contributed by atoms with Crippen LogP contribution in [0.25, 0.3) is 0 Å². The molecule has 0 rings (SSSR count). The summed E-state index contributed by atoms with van der Waals surface area (Å²) in [6, 6.07) is 1.75. The maximum absolute atomic E-state index is 11.1. The van der Waals surface area contributed by atoms with E-state index in [9.17, 15) is 4.79 Å². The van der Waals surface area contributed by atoms with Crippen LogP contribution in [-0.4, -0.2) is 12.0 Å². The SMILES string of the molecule is CC/C=C\C=C(/C=N)C(=O)CC#N. The molecule has 0 amide bonds. The van der Waals surface area contributed by atoms with Gasteiger partial charge in [-0.2, -0.15) is 5.26 Å². The first-order valence-electron chi connectivity index (χ1n) is 4.03. The van der Waals surface area contributed by atoms with Gasteiger partial charge in [-0.05, 0) is 6.42 Å². The number of nitriles is 1. The van der Waals surface area contributed by atoms with Gasteiger partial charge in [0.15, 0.2) is 5.78 Å². The predicted molar refractivity (Wildman–Crippen MR) is 51.5 cm³/mol. The van der Waals surface area contributed by atoms with Crippen LogP contribution >= 0.6 is 0 Å². The van der Waals surface area contributed by atoms with Gasteiger partial charge in [-0.25, -0.2) is 0 Å². The average molecular weight is 176 g/mol. The van der Waals surface area contributed by atoms with Crippen LogP contribution in [0.3, 0.4) is 0 Å². The summed E-state index contributed by atoms with van der Waals surface area (Å²) in [5, 5.41) is 15.2. The molecule has 0 bridgehead atoms. The largest absolute Gasteiger partial charge is 0.308 e. The van der Waals surface area contributed by atoms with Crippen LogP contribution in [-0.2, 0) is 4.79 Å². The number of carbonyl (C=O) groups excluding carboxylic acids is 1. The summed E-state index contributed by atoms with van der Waals surface area (Å²) in [4.78, 5) is 11.1. The van der Waals surface area contributed by atoms with Gasteiger partial charge < -0.3 is 5.41 Å². The zero-order valence-corrected chi connectivity index (χ0v) is 7.58. The Hall–Kier alpha value is -1.69. The Morgan fingerprint density at radius 3 is 2.77 bits per heavy atom. The molecular weight excluding hydrogens is 164 g/mol. The van der Waals surface area contributed by atoms with Gasteiger partial charge in [-0.15, -0.1) is 0 Å². The molecule has 0 aliphatic carbocycles. The number of ketones is 1. The van der Waals surface area contributed by atoms with E-state index < -0.39 is 0 Å². The smallest absolute Gasteiger partial charge is 0.178 e. The van der Waals surface area contributed by atoms with E-state index in [1.165, 1.54) is 0 Å².